The molecule has 0 radical (unpaired) electrons. The zero-order valence-corrected chi connectivity index (χ0v) is 10.7. The molecule has 0 heterocycles. The van der Waals surface area contributed by atoms with Gasteiger partial charge in [-0.1, -0.05) is 60.7 Å². The Kier molecular flexibility index (Phi) is 4.13. The van der Waals surface area contributed by atoms with E-state index in [0.717, 1.165) is 17.5 Å². The van der Waals surface area contributed by atoms with Gasteiger partial charge in [-0.05, 0) is 17.5 Å². The first-order valence-corrected chi connectivity index (χ1v) is 6.16. The summed E-state index contributed by atoms with van der Waals surface area (Å²) in [5.41, 5.74) is 8.40. The Morgan fingerprint density at radius 1 is 0.889 bits per heavy atom. The van der Waals surface area contributed by atoms with Crippen LogP contribution in [0.15, 0.2) is 60.7 Å². The van der Waals surface area contributed by atoms with Crippen molar-refractivity contribution in [3.05, 3.63) is 71.8 Å². The van der Waals surface area contributed by atoms with Crippen LogP contribution >= 0.6 is 0 Å². The molecule has 0 atom stereocenters. The van der Waals surface area contributed by atoms with Crippen molar-refractivity contribution in [3.63, 3.8) is 0 Å². The summed E-state index contributed by atoms with van der Waals surface area (Å²) >= 11 is 0. The quantitative estimate of drug-likeness (QED) is 0.873. The van der Waals surface area contributed by atoms with Gasteiger partial charge >= 0.3 is 0 Å². The van der Waals surface area contributed by atoms with Gasteiger partial charge < -0.3 is 10.5 Å². The summed E-state index contributed by atoms with van der Waals surface area (Å²) in [5.74, 6) is 0. The first-order chi connectivity index (χ1) is 8.77. The number of methoxy groups -OCH3 is 1. The Labute approximate surface area is 108 Å². The van der Waals surface area contributed by atoms with E-state index in [1.54, 1.807) is 7.11 Å². The molecule has 2 aromatic carbocycles. The molecule has 0 spiro atoms. The molecule has 0 aromatic heterocycles. The highest BCUT2D eigenvalue weighted by atomic mass is 16.5. The van der Waals surface area contributed by atoms with Gasteiger partial charge in [0.15, 0.2) is 0 Å². The normalized spacial score (nSPS) is 11.4. The third-order valence-electron chi connectivity index (χ3n) is 3.28. The summed E-state index contributed by atoms with van der Waals surface area (Å²) < 4.78 is 5.20. The lowest BCUT2D eigenvalue weighted by atomic mass is 9.81. The molecule has 18 heavy (non-hydrogen) atoms. The zero-order chi connectivity index (χ0) is 12.8. The molecule has 0 saturated heterocycles. The fourth-order valence-electron chi connectivity index (χ4n) is 2.19. The Morgan fingerprint density at radius 2 is 1.33 bits per heavy atom. The van der Waals surface area contributed by atoms with E-state index in [0.29, 0.717) is 6.61 Å². The van der Waals surface area contributed by atoms with Gasteiger partial charge in [-0.3, -0.25) is 0 Å². The summed E-state index contributed by atoms with van der Waals surface area (Å²) in [6.07, 6.45) is 0.761. The van der Waals surface area contributed by atoms with Gasteiger partial charge in [0, 0.05) is 13.7 Å². The summed E-state index contributed by atoms with van der Waals surface area (Å²) in [4.78, 5) is 0. The maximum absolute atomic E-state index is 6.65. The van der Waals surface area contributed by atoms with E-state index >= 15 is 0 Å². The van der Waals surface area contributed by atoms with Crippen molar-refractivity contribution in [2.75, 3.05) is 13.7 Å². The van der Waals surface area contributed by atoms with Crippen molar-refractivity contribution in [1.82, 2.24) is 0 Å². The highest BCUT2D eigenvalue weighted by Gasteiger charge is 2.28. The maximum atomic E-state index is 6.65. The van der Waals surface area contributed by atoms with Crippen LogP contribution < -0.4 is 5.73 Å². The number of ether oxygens (including phenoxy) is 1. The molecule has 2 N–H and O–H groups in total. The first kappa shape index (κ1) is 12.8. The van der Waals surface area contributed by atoms with E-state index in [-0.39, 0.29) is 0 Å². The second kappa shape index (κ2) is 5.80. The van der Waals surface area contributed by atoms with E-state index in [4.69, 9.17) is 10.5 Å². The summed E-state index contributed by atoms with van der Waals surface area (Å²) in [6.45, 7) is 0.639. The van der Waals surface area contributed by atoms with Crippen LogP contribution in [0.5, 0.6) is 0 Å². The van der Waals surface area contributed by atoms with Gasteiger partial charge in [0.2, 0.25) is 0 Å². The molecular weight excluding hydrogens is 222 g/mol. The Bertz CT molecular complexity index is 427. The molecule has 94 valence electrons. The molecule has 2 heteroatoms. The minimum atomic E-state index is -0.488. The average molecular weight is 241 g/mol. The summed E-state index contributed by atoms with van der Waals surface area (Å²) in [7, 11) is 1.70. The molecule has 0 unspecified atom stereocenters. The smallest absolute Gasteiger partial charge is 0.0687 e. The molecular formula is C16H19NO. The predicted molar refractivity (Wildman–Crippen MR) is 74.3 cm³/mol. The lowest BCUT2D eigenvalue weighted by molar-refractivity contribution is 0.176. The summed E-state index contributed by atoms with van der Waals surface area (Å²) in [6, 6.07) is 20.4. The van der Waals surface area contributed by atoms with Gasteiger partial charge in [-0.15, -0.1) is 0 Å². The van der Waals surface area contributed by atoms with E-state index < -0.39 is 5.54 Å². The minimum Gasteiger partial charge on any atom is -0.385 e. The minimum absolute atomic E-state index is 0.488. The molecule has 0 fully saturated rings. The second-order valence-electron chi connectivity index (χ2n) is 4.45. The Morgan fingerprint density at radius 3 is 1.72 bits per heavy atom. The third-order valence-corrected chi connectivity index (χ3v) is 3.28. The van der Waals surface area contributed by atoms with Crippen molar-refractivity contribution in [1.29, 1.82) is 0 Å². The highest BCUT2D eigenvalue weighted by molar-refractivity contribution is 5.37. The predicted octanol–water partition coefficient (Wildman–Crippen LogP) is 2.93. The van der Waals surface area contributed by atoms with Crippen LogP contribution in [0.3, 0.4) is 0 Å². The van der Waals surface area contributed by atoms with Crippen molar-refractivity contribution >= 4 is 0 Å². The van der Waals surface area contributed by atoms with Gasteiger partial charge in [0.25, 0.3) is 0 Å². The second-order valence-corrected chi connectivity index (χ2v) is 4.45. The SMILES string of the molecule is COCCC(N)(c1ccccc1)c1ccccc1. The van der Waals surface area contributed by atoms with Gasteiger partial charge in [-0.2, -0.15) is 0 Å². The standard InChI is InChI=1S/C16H19NO/c1-18-13-12-16(17,14-8-4-2-5-9-14)15-10-6-3-7-11-15/h2-11H,12-13,17H2,1H3. The number of nitrogens with two attached hydrogens (primary N) is 1. The monoisotopic (exact) mass is 241 g/mol. The molecule has 0 bridgehead atoms. The van der Waals surface area contributed by atoms with Crippen molar-refractivity contribution in [3.8, 4) is 0 Å². The van der Waals surface area contributed by atoms with Crippen LogP contribution in [0.25, 0.3) is 0 Å². The molecule has 0 aliphatic heterocycles. The zero-order valence-electron chi connectivity index (χ0n) is 10.7. The van der Waals surface area contributed by atoms with Crippen LogP contribution in [-0.4, -0.2) is 13.7 Å². The van der Waals surface area contributed by atoms with Gasteiger partial charge in [-0.25, -0.2) is 0 Å². The molecule has 0 amide bonds. The highest BCUT2D eigenvalue weighted by Crippen LogP contribution is 2.30. The average Bonchev–Trinajstić information content (AvgIpc) is 2.46. The Hall–Kier alpha value is -1.64. The van der Waals surface area contributed by atoms with E-state index in [9.17, 15) is 0 Å². The topological polar surface area (TPSA) is 35.2 Å². The lowest BCUT2D eigenvalue weighted by Gasteiger charge is -2.30. The third kappa shape index (κ3) is 2.61. The molecule has 0 aliphatic carbocycles. The number of benzene rings is 2. The number of hydrogen-bond acceptors (Lipinski definition) is 2. The molecule has 2 nitrogen and oxygen atoms in total. The number of rotatable bonds is 5. The largest absolute Gasteiger partial charge is 0.385 e. The van der Waals surface area contributed by atoms with Crippen LogP contribution in [-0.2, 0) is 10.3 Å². The van der Waals surface area contributed by atoms with E-state index in [2.05, 4.69) is 24.3 Å². The van der Waals surface area contributed by atoms with Crippen LogP contribution in [0.1, 0.15) is 17.5 Å². The van der Waals surface area contributed by atoms with Crippen molar-refractivity contribution in [2.45, 2.75) is 12.0 Å². The molecule has 2 rings (SSSR count). The fraction of sp³-hybridized carbons (Fsp3) is 0.250. The Balaban J connectivity index is 2.41. The first-order valence-electron chi connectivity index (χ1n) is 6.16. The molecule has 0 saturated carbocycles. The van der Waals surface area contributed by atoms with E-state index in [1.165, 1.54) is 0 Å². The van der Waals surface area contributed by atoms with E-state index in [1.807, 2.05) is 36.4 Å². The van der Waals surface area contributed by atoms with Gasteiger partial charge in [0.05, 0.1) is 5.54 Å². The lowest BCUT2D eigenvalue weighted by Crippen LogP contribution is -2.39. The van der Waals surface area contributed by atoms with Gasteiger partial charge in [0.1, 0.15) is 0 Å². The van der Waals surface area contributed by atoms with Crippen molar-refractivity contribution < 1.29 is 4.74 Å². The molecule has 2 aromatic rings. The van der Waals surface area contributed by atoms with Crippen molar-refractivity contribution in [2.24, 2.45) is 5.73 Å². The fourth-order valence-corrected chi connectivity index (χ4v) is 2.19. The summed E-state index contributed by atoms with van der Waals surface area (Å²) in [5, 5.41) is 0. The van der Waals surface area contributed by atoms with Crippen LogP contribution in [0, 0.1) is 0 Å². The maximum Gasteiger partial charge on any atom is 0.0687 e. The molecule has 0 aliphatic rings. The van der Waals surface area contributed by atoms with Crippen LogP contribution in [0.4, 0.5) is 0 Å². The number of hydrogen-bond donors (Lipinski definition) is 1. The van der Waals surface area contributed by atoms with Crippen LogP contribution in [0.2, 0.25) is 0 Å².